The van der Waals surface area contributed by atoms with Crippen LogP contribution in [0.25, 0.3) is 11.1 Å². The molecule has 0 aliphatic rings. The minimum Gasteiger partial charge on any atom is -0.392 e. The fourth-order valence-electron chi connectivity index (χ4n) is 3.06. The zero-order valence-corrected chi connectivity index (χ0v) is 14.3. The highest BCUT2D eigenvalue weighted by molar-refractivity contribution is 5.92. The molecule has 26 heavy (non-hydrogen) atoms. The lowest BCUT2D eigenvalue weighted by molar-refractivity contribution is 0.199. The summed E-state index contributed by atoms with van der Waals surface area (Å²) >= 11 is 0. The molecule has 2 rings (SSSR count). The van der Waals surface area contributed by atoms with E-state index in [-0.39, 0.29) is 18.9 Å². The van der Waals surface area contributed by atoms with Crippen molar-refractivity contribution >= 4 is 6.21 Å². The molecule has 1 aromatic carbocycles. The van der Waals surface area contributed by atoms with E-state index in [1.54, 1.807) is 12.1 Å². The predicted molar refractivity (Wildman–Crippen MR) is 94.0 cm³/mol. The molecule has 138 valence electrons. The number of benzene rings is 1. The molecule has 0 saturated carbocycles. The van der Waals surface area contributed by atoms with Crippen molar-refractivity contribution in [2.45, 2.75) is 32.8 Å². The van der Waals surface area contributed by atoms with Crippen LogP contribution in [0.5, 0.6) is 0 Å². The molecule has 8 nitrogen and oxygen atoms in total. The second-order valence-electron chi connectivity index (χ2n) is 5.65. The molecule has 0 bridgehead atoms. The highest BCUT2D eigenvalue weighted by Crippen LogP contribution is 2.37. The van der Waals surface area contributed by atoms with Crippen LogP contribution in [0, 0.1) is 11.3 Å². The number of nitriles is 1. The number of aromatic amines is 1. The molecule has 1 unspecified atom stereocenters. The maximum atomic E-state index is 10.2. The Kier molecular flexibility index (Phi) is 6.63. The summed E-state index contributed by atoms with van der Waals surface area (Å²) in [5, 5.41) is 57.5. The maximum absolute atomic E-state index is 10.2. The second kappa shape index (κ2) is 8.71. The van der Waals surface area contributed by atoms with E-state index < -0.39 is 19.4 Å². The fraction of sp³-hybridized carbons (Fsp3) is 0.333. The zero-order chi connectivity index (χ0) is 19.3. The van der Waals surface area contributed by atoms with Crippen LogP contribution in [0.4, 0.5) is 0 Å². The highest BCUT2D eigenvalue weighted by atomic mass is 16.3. The number of aliphatic hydroxyl groups is 5. The van der Waals surface area contributed by atoms with Crippen molar-refractivity contribution in [3.05, 3.63) is 45.8 Å². The molecule has 0 fully saturated rings. The van der Waals surface area contributed by atoms with Crippen LogP contribution in [0.3, 0.4) is 0 Å². The van der Waals surface area contributed by atoms with Gasteiger partial charge in [-0.25, -0.2) is 0 Å². The number of aliphatic hydroxyl groups excluding tert-OH is 5. The summed E-state index contributed by atoms with van der Waals surface area (Å²) in [5.74, 6) is 0. The Hall–Kier alpha value is -2.54. The summed E-state index contributed by atoms with van der Waals surface area (Å²) < 4.78 is 0. The van der Waals surface area contributed by atoms with E-state index >= 15 is 0 Å². The Morgan fingerprint density at radius 3 is 2.35 bits per heavy atom. The van der Waals surface area contributed by atoms with Gasteiger partial charge in [-0.1, -0.05) is 12.1 Å². The minimum absolute atomic E-state index is 0.134. The van der Waals surface area contributed by atoms with Crippen molar-refractivity contribution in [3.63, 3.8) is 0 Å². The lowest BCUT2D eigenvalue weighted by Gasteiger charge is -2.17. The van der Waals surface area contributed by atoms with E-state index in [0.29, 0.717) is 39.1 Å². The van der Waals surface area contributed by atoms with E-state index in [1.165, 1.54) is 13.1 Å². The van der Waals surface area contributed by atoms with Gasteiger partial charge in [0.15, 0.2) is 0 Å². The Bertz CT molecular complexity index is 849. The number of hydrogen-bond donors (Lipinski definition) is 6. The lowest BCUT2D eigenvalue weighted by Crippen LogP contribution is -2.05. The first kappa shape index (κ1) is 19.8. The number of aromatic nitrogens is 1. The maximum Gasteiger partial charge on any atom is 0.134 e. The molecule has 0 radical (unpaired) electrons. The number of nitrogens with zero attached hydrogens (tertiary/aromatic N) is 2. The summed E-state index contributed by atoms with van der Waals surface area (Å²) in [6.45, 7) is -0.0558. The molecule has 6 N–H and O–H groups in total. The third-order valence-electron chi connectivity index (χ3n) is 4.18. The number of rotatable bonds is 7. The molecule has 0 aliphatic carbocycles. The quantitative estimate of drug-likeness (QED) is 0.395. The molecule has 1 heterocycles. The van der Waals surface area contributed by atoms with Crippen LogP contribution in [-0.2, 0) is 19.8 Å². The summed E-state index contributed by atoms with van der Waals surface area (Å²) in [6.07, 6.45) is 0.343. The van der Waals surface area contributed by atoms with Crippen molar-refractivity contribution in [3.8, 4) is 17.2 Å². The monoisotopic (exact) mass is 359 g/mol. The average molecular weight is 359 g/mol. The van der Waals surface area contributed by atoms with Crippen molar-refractivity contribution in [1.82, 2.24) is 4.98 Å². The smallest absolute Gasteiger partial charge is 0.134 e. The molecule has 1 atom stereocenters. The first-order valence-electron chi connectivity index (χ1n) is 7.95. The van der Waals surface area contributed by atoms with Gasteiger partial charge in [0.05, 0.1) is 31.6 Å². The molecule has 0 spiro atoms. The topological polar surface area (TPSA) is 153 Å². The first-order chi connectivity index (χ1) is 12.5. The second-order valence-corrected chi connectivity index (χ2v) is 5.65. The molecule has 0 amide bonds. The number of H-pyrrole nitrogens is 1. The van der Waals surface area contributed by atoms with Gasteiger partial charge in [-0.2, -0.15) is 5.26 Å². The Labute approximate surface area is 150 Å². The van der Waals surface area contributed by atoms with Gasteiger partial charge >= 0.3 is 0 Å². The van der Waals surface area contributed by atoms with Gasteiger partial charge in [0.2, 0.25) is 0 Å². The van der Waals surface area contributed by atoms with E-state index in [0.717, 1.165) is 0 Å². The Morgan fingerprint density at radius 1 is 1.15 bits per heavy atom. The van der Waals surface area contributed by atoms with E-state index in [1.807, 2.05) is 6.07 Å². The molecule has 1 aromatic heterocycles. The fourth-order valence-corrected chi connectivity index (χ4v) is 3.06. The van der Waals surface area contributed by atoms with Crippen LogP contribution >= 0.6 is 0 Å². The van der Waals surface area contributed by atoms with Crippen molar-refractivity contribution in [2.24, 2.45) is 4.99 Å². The molecule has 2 aromatic rings. The van der Waals surface area contributed by atoms with Crippen LogP contribution in [0.1, 0.15) is 46.7 Å². The Morgan fingerprint density at radius 2 is 1.85 bits per heavy atom. The largest absolute Gasteiger partial charge is 0.392 e. The van der Waals surface area contributed by atoms with Crippen molar-refractivity contribution < 1.29 is 25.5 Å². The third kappa shape index (κ3) is 3.53. The van der Waals surface area contributed by atoms with Crippen LogP contribution in [0.15, 0.2) is 17.1 Å². The molecule has 0 saturated heterocycles. The van der Waals surface area contributed by atoms with Crippen molar-refractivity contribution in [1.29, 1.82) is 5.26 Å². The summed E-state index contributed by atoms with van der Waals surface area (Å²) in [7, 11) is 0. The van der Waals surface area contributed by atoms with Gasteiger partial charge < -0.3 is 30.5 Å². The lowest BCUT2D eigenvalue weighted by atomic mass is 9.89. The SMILES string of the molecule is CC(O)c1c(C#N)[nH]c(/C=N/CO)c1-c1ccc(CO)c(CO)c1CO. The molecule has 8 heteroatoms. The first-order valence-corrected chi connectivity index (χ1v) is 7.95. The number of aliphatic imine (C=N–C) groups is 1. The Balaban J connectivity index is 2.89. The normalized spacial score (nSPS) is 12.5. The average Bonchev–Trinajstić information content (AvgIpc) is 3.03. The van der Waals surface area contributed by atoms with Gasteiger partial charge in [-0.05, 0) is 29.2 Å². The molecule has 0 aliphatic heterocycles. The zero-order valence-electron chi connectivity index (χ0n) is 14.3. The standard InChI is InChI=1S/C18H21N3O5/c1-10(26)17-15(4-19)21-16(5-20-9-25)18(17)12-3-2-11(6-22)13(7-23)14(12)8-24/h2-3,5,10,21-26H,6-9H2,1H3/b20-5+. The number of hydrogen-bond acceptors (Lipinski definition) is 7. The van der Waals surface area contributed by atoms with E-state index in [9.17, 15) is 25.7 Å². The number of nitrogens with one attached hydrogen (secondary N) is 1. The predicted octanol–water partition coefficient (Wildman–Crippen LogP) is 0.452. The van der Waals surface area contributed by atoms with Gasteiger partial charge in [0.25, 0.3) is 0 Å². The van der Waals surface area contributed by atoms with Gasteiger partial charge in [0.1, 0.15) is 18.5 Å². The summed E-state index contributed by atoms with van der Waals surface area (Å²) in [5.41, 5.74) is 3.00. The summed E-state index contributed by atoms with van der Waals surface area (Å²) in [4.78, 5) is 6.62. The van der Waals surface area contributed by atoms with E-state index in [2.05, 4.69) is 9.98 Å². The van der Waals surface area contributed by atoms with Gasteiger partial charge in [-0.15, -0.1) is 0 Å². The van der Waals surface area contributed by atoms with Crippen molar-refractivity contribution in [2.75, 3.05) is 6.73 Å². The van der Waals surface area contributed by atoms with Crippen LogP contribution in [0.2, 0.25) is 0 Å². The highest BCUT2D eigenvalue weighted by Gasteiger charge is 2.24. The third-order valence-corrected chi connectivity index (χ3v) is 4.18. The van der Waals surface area contributed by atoms with E-state index in [4.69, 9.17) is 5.11 Å². The molecular weight excluding hydrogens is 338 g/mol. The van der Waals surface area contributed by atoms with Crippen LogP contribution in [-0.4, -0.2) is 43.5 Å². The summed E-state index contributed by atoms with van der Waals surface area (Å²) in [6, 6.07) is 5.23. The molecular formula is C18H21N3O5. The van der Waals surface area contributed by atoms with Gasteiger partial charge in [0, 0.05) is 17.3 Å². The van der Waals surface area contributed by atoms with Gasteiger partial charge in [-0.3, -0.25) is 4.99 Å². The van der Waals surface area contributed by atoms with Crippen LogP contribution < -0.4 is 0 Å². The minimum atomic E-state index is -0.992.